The lowest BCUT2D eigenvalue weighted by atomic mass is 10.0. The molecule has 106 valence electrons. The first kappa shape index (κ1) is 15.1. The van der Waals surface area contributed by atoms with Gasteiger partial charge >= 0.3 is 0 Å². The maximum Gasteiger partial charge on any atom is 0.256 e. The Labute approximate surface area is 131 Å². The molecule has 0 atom stereocenters. The normalized spacial score (nSPS) is 10.0. The topological polar surface area (TPSA) is 78.9 Å². The van der Waals surface area contributed by atoms with Crippen molar-refractivity contribution >= 4 is 33.2 Å². The third kappa shape index (κ3) is 3.23. The summed E-state index contributed by atoms with van der Waals surface area (Å²) in [5.41, 5.74) is 9.93. The highest BCUT2D eigenvalue weighted by Gasteiger charge is 2.13. The average Bonchev–Trinajstić information content (AvgIpc) is 2.44. The van der Waals surface area contributed by atoms with Crippen LogP contribution in [0.3, 0.4) is 0 Å². The summed E-state index contributed by atoms with van der Waals surface area (Å²) in [4.78, 5) is 12.4. The minimum absolute atomic E-state index is 0.232. The van der Waals surface area contributed by atoms with Gasteiger partial charge in [-0.15, -0.1) is 0 Å². The molecule has 2 aromatic rings. The molecule has 0 bridgehead atoms. The Kier molecular flexibility index (Phi) is 4.29. The lowest BCUT2D eigenvalue weighted by Gasteiger charge is -2.11. The number of nitrogens with one attached hydrogen (secondary N) is 1. The van der Waals surface area contributed by atoms with Crippen molar-refractivity contribution in [3.63, 3.8) is 0 Å². The number of amides is 1. The molecule has 0 radical (unpaired) electrons. The van der Waals surface area contributed by atoms with E-state index in [9.17, 15) is 4.79 Å². The van der Waals surface area contributed by atoms with Crippen LogP contribution in [0.5, 0.6) is 0 Å². The number of nitrogens with two attached hydrogens (primary N) is 1. The van der Waals surface area contributed by atoms with Crippen LogP contribution >= 0.6 is 15.9 Å². The van der Waals surface area contributed by atoms with Gasteiger partial charge in [-0.3, -0.25) is 4.79 Å². The number of aryl methyl sites for hydroxylation is 2. The molecular weight excluding hydrogens is 330 g/mol. The number of anilines is 2. The van der Waals surface area contributed by atoms with Gasteiger partial charge in [-0.05, 0) is 65.2 Å². The predicted molar refractivity (Wildman–Crippen MR) is 87.1 cm³/mol. The van der Waals surface area contributed by atoms with Crippen molar-refractivity contribution in [1.82, 2.24) is 0 Å². The maximum atomic E-state index is 12.4. The molecule has 0 aliphatic carbocycles. The second-order valence-corrected chi connectivity index (χ2v) is 5.64. The number of carbonyl (C=O) groups excluding carboxylic acids is 1. The van der Waals surface area contributed by atoms with Gasteiger partial charge in [-0.1, -0.05) is 6.07 Å². The number of carbonyl (C=O) groups is 1. The second kappa shape index (κ2) is 5.98. The van der Waals surface area contributed by atoms with Gasteiger partial charge in [-0.25, -0.2) is 0 Å². The Bertz CT molecular complexity index is 763. The molecule has 0 aliphatic rings. The molecule has 0 unspecified atom stereocenters. The van der Waals surface area contributed by atoms with Crippen LogP contribution in [-0.4, -0.2) is 5.91 Å². The number of nitrogen functional groups attached to an aromatic ring is 1. The molecule has 5 heteroatoms. The highest BCUT2D eigenvalue weighted by atomic mass is 79.9. The predicted octanol–water partition coefficient (Wildman–Crippen LogP) is 3.77. The average molecular weight is 344 g/mol. The molecule has 0 heterocycles. The van der Waals surface area contributed by atoms with Gasteiger partial charge < -0.3 is 11.1 Å². The lowest BCUT2D eigenvalue weighted by Crippen LogP contribution is -2.14. The summed E-state index contributed by atoms with van der Waals surface area (Å²) in [6.45, 7) is 3.77. The van der Waals surface area contributed by atoms with Gasteiger partial charge in [0.15, 0.2) is 0 Å². The number of benzene rings is 2. The Morgan fingerprint density at radius 1 is 1.24 bits per heavy atom. The van der Waals surface area contributed by atoms with Crippen molar-refractivity contribution in [1.29, 1.82) is 5.26 Å². The molecule has 0 aromatic heterocycles. The van der Waals surface area contributed by atoms with Crippen LogP contribution in [0.2, 0.25) is 0 Å². The SMILES string of the molecule is Cc1cc(C)c(C(=O)Nc2ccc(C#N)cc2Br)cc1N. The van der Waals surface area contributed by atoms with E-state index in [1.54, 1.807) is 24.3 Å². The van der Waals surface area contributed by atoms with Crippen LogP contribution in [0.1, 0.15) is 27.0 Å². The summed E-state index contributed by atoms with van der Waals surface area (Å²) in [5.74, 6) is -0.232. The fraction of sp³-hybridized carbons (Fsp3) is 0.125. The molecule has 0 saturated carbocycles. The second-order valence-electron chi connectivity index (χ2n) is 4.78. The molecule has 3 N–H and O–H groups in total. The van der Waals surface area contributed by atoms with Crippen molar-refractivity contribution in [3.8, 4) is 6.07 Å². The molecule has 2 aromatic carbocycles. The van der Waals surface area contributed by atoms with Gasteiger partial charge in [0.05, 0.1) is 17.3 Å². The van der Waals surface area contributed by atoms with E-state index in [1.165, 1.54) is 0 Å². The molecule has 4 nitrogen and oxygen atoms in total. The number of hydrogen-bond acceptors (Lipinski definition) is 3. The number of rotatable bonds is 2. The number of nitrogens with zero attached hydrogens (tertiary/aromatic N) is 1. The zero-order chi connectivity index (χ0) is 15.6. The number of nitriles is 1. The third-order valence-electron chi connectivity index (χ3n) is 3.20. The van der Waals surface area contributed by atoms with Gasteiger partial charge in [0.1, 0.15) is 0 Å². The molecule has 0 fully saturated rings. The van der Waals surface area contributed by atoms with Crippen LogP contribution in [0, 0.1) is 25.2 Å². The zero-order valence-corrected chi connectivity index (χ0v) is 13.3. The standard InChI is InChI=1S/C16H14BrN3O/c1-9-5-10(2)14(19)7-12(9)16(21)20-15-4-3-11(8-18)6-13(15)17/h3-7H,19H2,1-2H3,(H,20,21). The van der Waals surface area contributed by atoms with Gasteiger partial charge in [0.25, 0.3) is 5.91 Å². The Hall–Kier alpha value is -2.32. The van der Waals surface area contributed by atoms with Crippen molar-refractivity contribution in [2.24, 2.45) is 0 Å². The van der Waals surface area contributed by atoms with Crippen LogP contribution < -0.4 is 11.1 Å². The van der Waals surface area contributed by atoms with E-state index < -0.39 is 0 Å². The molecule has 21 heavy (non-hydrogen) atoms. The summed E-state index contributed by atoms with van der Waals surface area (Å²) < 4.78 is 0.660. The highest BCUT2D eigenvalue weighted by Crippen LogP contribution is 2.25. The quantitative estimate of drug-likeness (QED) is 0.814. The summed E-state index contributed by atoms with van der Waals surface area (Å²) in [6.07, 6.45) is 0. The van der Waals surface area contributed by atoms with Crippen molar-refractivity contribution in [2.75, 3.05) is 11.1 Å². The van der Waals surface area contributed by atoms with E-state index in [1.807, 2.05) is 26.0 Å². The van der Waals surface area contributed by atoms with Crippen molar-refractivity contribution in [2.45, 2.75) is 13.8 Å². The van der Waals surface area contributed by atoms with Crippen LogP contribution in [0.25, 0.3) is 0 Å². The van der Waals surface area contributed by atoms with Gasteiger partial charge in [-0.2, -0.15) is 5.26 Å². The molecule has 0 saturated heterocycles. The van der Waals surface area contributed by atoms with E-state index in [4.69, 9.17) is 11.0 Å². The van der Waals surface area contributed by atoms with Crippen molar-refractivity contribution in [3.05, 3.63) is 57.1 Å². The number of halogens is 1. The summed E-state index contributed by atoms with van der Waals surface area (Å²) in [5, 5.41) is 11.6. The summed E-state index contributed by atoms with van der Waals surface area (Å²) >= 11 is 3.34. The minimum Gasteiger partial charge on any atom is -0.398 e. The number of hydrogen-bond donors (Lipinski definition) is 2. The van der Waals surface area contributed by atoms with Crippen molar-refractivity contribution < 1.29 is 4.79 Å². The fourth-order valence-corrected chi connectivity index (χ4v) is 2.47. The fourth-order valence-electron chi connectivity index (χ4n) is 1.99. The first-order chi connectivity index (χ1) is 9.92. The molecule has 0 spiro atoms. The lowest BCUT2D eigenvalue weighted by molar-refractivity contribution is 0.102. The Balaban J connectivity index is 2.31. The van der Waals surface area contributed by atoms with Gasteiger partial charge in [0, 0.05) is 15.7 Å². The summed E-state index contributed by atoms with van der Waals surface area (Å²) in [7, 11) is 0. The molecule has 0 aliphatic heterocycles. The zero-order valence-electron chi connectivity index (χ0n) is 11.7. The highest BCUT2D eigenvalue weighted by molar-refractivity contribution is 9.10. The van der Waals surface area contributed by atoms with Crippen LogP contribution in [0.4, 0.5) is 11.4 Å². The molecule has 2 rings (SSSR count). The largest absolute Gasteiger partial charge is 0.398 e. The smallest absolute Gasteiger partial charge is 0.256 e. The Morgan fingerprint density at radius 3 is 2.57 bits per heavy atom. The van der Waals surface area contributed by atoms with E-state index >= 15 is 0 Å². The van der Waals surface area contributed by atoms with E-state index in [2.05, 4.69) is 21.2 Å². The first-order valence-corrected chi connectivity index (χ1v) is 7.09. The molecular formula is C16H14BrN3O. The molecule has 1 amide bonds. The Morgan fingerprint density at radius 2 is 1.95 bits per heavy atom. The van der Waals surface area contributed by atoms with Gasteiger partial charge in [0.2, 0.25) is 0 Å². The monoisotopic (exact) mass is 343 g/mol. The first-order valence-electron chi connectivity index (χ1n) is 6.30. The van der Waals surface area contributed by atoms with Crippen LogP contribution in [0.15, 0.2) is 34.8 Å². The third-order valence-corrected chi connectivity index (χ3v) is 3.86. The van der Waals surface area contributed by atoms with Crippen LogP contribution in [-0.2, 0) is 0 Å². The minimum atomic E-state index is -0.232. The maximum absolute atomic E-state index is 12.4. The summed E-state index contributed by atoms with van der Waals surface area (Å²) in [6, 6.07) is 10.6. The van der Waals surface area contributed by atoms with E-state index in [0.29, 0.717) is 27.0 Å². The van der Waals surface area contributed by atoms with E-state index in [-0.39, 0.29) is 5.91 Å². The van der Waals surface area contributed by atoms with E-state index in [0.717, 1.165) is 11.1 Å².